The Bertz CT molecular complexity index is 639. The molecule has 0 spiro atoms. The molecule has 0 saturated carbocycles. The van der Waals surface area contributed by atoms with Gasteiger partial charge in [-0.25, -0.2) is 0 Å². The molecule has 0 atom stereocenters. The van der Waals surface area contributed by atoms with E-state index in [-0.39, 0.29) is 0 Å². The number of pyridine rings is 1. The number of halogens is 1. The van der Waals surface area contributed by atoms with Gasteiger partial charge in [0, 0.05) is 40.6 Å². The summed E-state index contributed by atoms with van der Waals surface area (Å²) < 4.78 is 0.976. The minimum absolute atomic E-state index is 0.794. The highest BCUT2D eigenvalue weighted by Crippen LogP contribution is 2.28. The number of fused-ring (bicyclic) bond motifs is 2. The van der Waals surface area contributed by atoms with Gasteiger partial charge >= 0.3 is 0 Å². The lowest BCUT2D eigenvalue weighted by molar-refractivity contribution is 0.112. The fraction of sp³-hybridized carbons (Fsp3) is 0.286. The van der Waals surface area contributed by atoms with Crippen LogP contribution in [0.25, 0.3) is 10.9 Å². The number of carbonyl (C=O) groups excluding carboxylic acids is 1. The largest absolute Gasteiger partial charge is 0.302 e. The van der Waals surface area contributed by atoms with Gasteiger partial charge in [-0.05, 0) is 30.8 Å². The maximum Gasteiger partial charge on any atom is 0.151 e. The molecule has 1 aromatic carbocycles. The number of rotatable bonds is 1. The zero-order chi connectivity index (χ0) is 12.7. The zero-order valence-corrected chi connectivity index (χ0v) is 11.7. The highest BCUT2D eigenvalue weighted by atomic mass is 79.9. The lowest BCUT2D eigenvalue weighted by atomic mass is 9.97. The molecule has 3 nitrogen and oxygen atoms in total. The monoisotopic (exact) mass is 304 g/mol. The molecular formula is C14H13BrN2O. The second-order valence-corrected chi connectivity index (χ2v) is 5.63. The van der Waals surface area contributed by atoms with E-state index in [1.54, 1.807) is 0 Å². The van der Waals surface area contributed by atoms with Crippen molar-refractivity contribution >= 4 is 33.1 Å². The SMILES string of the molecule is CN1CCc2nc3ccc(Br)cc3c(C=O)c2C1. The number of aromatic nitrogens is 1. The topological polar surface area (TPSA) is 33.2 Å². The van der Waals surface area contributed by atoms with Crippen LogP contribution in [0.5, 0.6) is 0 Å². The Kier molecular flexibility index (Phi) is 2.92. The number of hydrogen-bond acceptors (Lipinski definition) is 3. The summed E-state index contributed by atoms with van der Waals surface area (Å²) in [7, 11) is 2.07. The van der Waals surface area contributed by atoms with E-state index in [0.29, 0.717) is 0 Å². The first kappa shape index (κ1) is 11.8. The molecule has 0 N–H and O–H groups in total. The fourth-order valence-corrected chi connectivity index (χ4v) is 2.88. The predicted octanol–water partition coefficient (Wildman–Crippen LogP) is 2.80. The standard InChI is InChI=1S/C14H13BrN2O/c1-17-5-4-14-11(7-17)12(8-18)10-6-9(15)2-3-13(10)16-14/h2-3,6,8H,4-5,7H2,1H3. The molecular weight excluding hydrogens is 292 g/mol. The number of hydrogen-bond donors (Lipinski definition) is 0. The van der Waals surface area contributed by atoms with Gasteiger partial charge in [0.2, 0.25) is 0 Å². The maximum atomic E-state index is 11.4. The van der Waals surface area contributed by atoms with Gasteiger partial charge in [0.1, 0.15) is 0 Å². The summed E-state index contributed by atoms with van der Waals surface area (Å²) >= 11 is 3.45. The summed E-state index contributed by atoms with van der Waals surface area (Å²) in [4.78, 5) is 18.4. The van der Waals surface area contributed by atoms with Crippen LogP contribution < -0.4 is 0 Å². The van der Waals surface area contributed by atoms with Crippen LogP contribution >= 0.6 is 15.9 Å². The highest BCUT2D eigenvalue weighted by molar-refractivity contribution is 9.10. The molecule has 1 aromatic heterocycles. The molecule has 4 heteroatoms. The van der Waals surface area contributed by atoms with Crippen molar-refractivity contribution < 1.29 is 4.79 Å². The van der Waals surface area contributed by atoms with Crippen LogP contribution in [0.15, 0.2) is 22.7 Å². The van der Waals surface area contributed by atoms with Crippen LogP contribution in [0.2, 0.25) is 0 Å². The summed E-state index contributed by atoms with van der Waals surface area (Å²) in [5, 5.41) is 0.938. The van der Waals surface area contributed by atoms with Crippen molar-refractivity contribution in [2.24, 2.45) is 0 Å². The minimum atomic E-state index is 0.794. The second-order valence-electron chi connectivity index (χ2n) is 4.72. The van der Waals surface area contributed by atoms with Crippen LogP contribution in [0.3, 0.4) is 0 Å². The third-order valence-corrected chi connectivity index (χ3v) is 3.95. The average Bonchev–Trinajstić information content (AvgIpc) is 2.36. The molecule has 1 aliphatic heterocycles. The third kappa shape index (κ3) is 1.85. The van der Waals surface area contributed by atoms with Crippen LogP contribution in [0.1, 0.15) is 21.6 Å². The number of carbonyl (C=O) groups is 1. The van der Waals surface area contributed by atoms with Gasteiger partial charge in [-0.2, -0.15) is 0 Å². The molecule has 0 fully saturated rings. The Morgan fingerprint density at radius 1 is 1.44 bits per heavy atom. The molecule has 18 heavy (non-hydrogen) atoms. The van der Waals surface area contributed by atoms with E-state index in [4.69, 9.17) is 4.98 Å². The molecule has 0 bridgehead atoms. The summed E-state index contributed by atoms with van der Waals surface area (Å²) in [5.74, 6) is 0. The van der Waals surface area contributed by atoms with Gasteiger partial charge in [-0.1, -0.05) is 15.9 Å². The summed E-state index contributed by atoms with van der Waals surface area (Å²) in [6.07, 6.45) is 1.88. The molecule has 0 radical (unpaired) electrons. The summed E-state index contributed by atoms with van der Waals surface area (Å²) in [5.41, 5.74) is 3.86. The first-order chi connectivity index (χ1) is 8.69. The van der Waals surface area contributed by atoms with Gasteiger partial charge in [0.15, 0.2) is 6.29 Å². The maximum absolute atomic E-state index is 11.4. The second kappa shape index (κ2) is 4.44. The van der Waals surface area contributed by atoms with Gasteiger partial charge in [0.05, 0.1) is 5.52 Å². The Labute approximate surface area is 114 Å². The first-order valence-electron chi connectivity index (χ1n) is 5.94. The first-order valence-corrected chi connectivity index (χ1v) is 6.73. The Morgan fingerprint density at radius 3 is 3.06 bits per heavy atom. The minimum Gasteiger partial charge on any atom is -0.302 e. The van der Waals surface area contributed by atoms with Gasteiger partial charge in [-0.3, -0.25) is 9.78 Å². The number of likely N-dealkylation sites (N-methyl/N-ethyl adjacent to an activating group) is 1. The van der Waals surface area contributed by atoms with Crippen molar-refractivity contribution in [2.75, 3.05) is 13.6 Å². The smallest absolute Gasteiger partial charge is 0.151 e. The van der Waals surface area contributed by atoms with E-state index >= 15 is 0 Å². The molecule has 92 valence electrons. The zero-order valence-electron chi connectivity index (χ0n) is 10.1. The lowest BCUT2D eigenvalue weighted by Crippen LogP contribution is -2.28. The van der Waals surface area contributed by atoms with Crippen LogP contribution in [-0.2, 0) is 13.0 Å². The summed E-state index contributed by atoms with van der Waals surface area (Å²) in [6, 6.07) is 5.90. The normalized spacial score (nSPS) is 15.7. The van der Waals surface area contributed by atoms with Gasteiger partial charge in [0.25, 0.3) is 0 Å². The Hall–Kier alpha value is -1.26. The van der Waals surface area contributed by atoms with Crippen LogP contribution in [0, 0.1) is 0 Å². The third-order valence-electron chi connectivity index (χ3n) is 3.45. The Balaban J connectivity index is 2.34. The molecule has 2 heterocycles. The molecule has 3 rings (SSSR count). The quantitative estimate of drug-likeness (QED) is 0.760. The molecule has 2 aromatic rings. The van der Waals surface area contributed by atoms with E-state index in [9.17, 15) is 4.79 Å². The molecule has 1 aliphatic rings. The molecule has 0 saturated heterocycles. The van der Waals surface area contributed by atoms with E-state index in [1.807, 2.05) is 18.2 Å². The van der Waals surface area contributed by atoms with E-state index < -0.39 is 0 Å². The lowest BCUT2D eigenvalue weighted by Gasteiger charge is -2.26. The molecule has 0 unspecified atom stereocenters. The van der Waals surface area contributed by atoms with Crippen molar-refractivity contribution in [3.63, 3.8) is 0 Å². The van der Waals surface area contributed by atoms with E-state index in [1.165, 1.54) is 0 Å². The van der Waals surface area contributed by atoms with Crippen LogP contribution in [0.4, 0.5) is 0 Å². The molecule has 0 aliphatic carbocycles. The van der Waals surface area contributed by atoms with Crippen molar-refractivity contribution in [1.82, 2.24) is 9.88 Å². The van der Waals surface area contributed by atoms with Crippen molar-refractivity contribution in [1.29, 1.82) is 0 Å². The average molecular weight is 305 g/mol. The van der Waals surface area contributed by atoms with Crippen molar-refractivity contribution in [3.05, 3.63) is 39.5 Å². The molecule has 0 amide bonds. The van der Waals surface area contributed by atoms with E-state index in [2.05, 4.69) is 27.9 Å². The number of aldehydes is 1. The van der Waals surface area contributed by atoms with E-state index in [0.717, 1.165) is 58.0 Å². The van der Waals surface area contributed by atoms with Gasteiger partial charge in [-0.15, -0.1) is 0 Å². The number of benzene rings is 1. The predicted molar refractivity (Wildman–Crippen MR) is 74.9 cm³/mol. The van der Waals surface area contributed by atoms with Gasteiger partial charge < -0.3 is 4.90 Å². The van der Waals surface area contributed by atoms with Crippen LogP contribution in [-0.4, -0.2) is 29.8 Å². The number of nitrogens with zero attached hydrogens (tertiary/aromatic N) is 2. The van der Waals surface area contributed by atoms with Crippen molar-refractivity contribution in [3.8, 4) is 0 Å². The fourth-order valence-electron chi connectivity index (χ4n) is 2.52. The van der Waals surface area contributed by atoms with Crippen molar-refractivity contribution in [2.45, 2.75) is 13.0 Å². The Morgan fingerprint density at radius 2 is 2.28 bits per heavy atom. The summed E-state index contributed by atoms with van der Waals surface area (Å²) in [6.45, 7) is 1.80. The highest BCUT2D eigenvalue weighted by Gasteiger charge is 2.20.